The third-order valence-corrected chi connectivity index (χ3v) is 4.70. The van der Waals surface area contributed by atoms with Crippen LogP contribution in [-0.4, -0.2) is 30.1 Å². The highest BCUT2D eigenvalue weighted by molar-refractivity contribution is 5.76. The molecule has 136 valence electrons. The number of benzene rings is 2. The lowest BCUT2D eigenvalue weighted by Crippen LogP contribution is -2.46. The molecule has 0 unspecified atom stereocenters. The fraction of sp³-hybridized carbons (Fsp3) is 0.318. The van der Waals surface area contributed by atoms with E-state index >= 15 is 0 Å². The molecule has 0 aromatic heterocycles. The van der Waals surface area contributed by atoms with Crippen molar-refractivity contribution < 1.29 is 4.79 Å². The molecular formula is C22H27N3O. The minimum atomic E-state index is -0.129. The fourth-order valence-corrected chi connectivity index (χ4v) is 3.29. The molecule has 2 aromatic rings. The van der Waals surface area contributed by atoms with Crippen LogP contribution in [0.5, 0.6) is 0 Å². The van der Waals surface area contributed by atoms with Crippen molar-refractivity contribution in [2.75, 3.05) is 13.1 Å². The number of amides is 2. The highest BCUT2D eigenvalue weighted by Gasteiger charge is 2.20. The molecule has 4 heteroatoms. The lowest BCUT2D eigenvalue weighted by Gasteiger charge is -2.32. The smallest absolute Gasteiger partial charge is 0.318 e. The maximum atomic E-state index is 12.1. The van der Waals surface area contributed by atoms with Crippen molar-refractivity contribution in [3.63, 3.8) is 0 Å². The number of hydrogen-bond donors (Lipinski definition) is 2. The summed E-state index contributed by atoms with van der Waals surface area (Å²) in [6.45, 7) is 5.07. The van der Waals surface area contributed by atoms with E-state index in [4.69, 9.17) is 0 Å². The third-order valence-electron chi connectivity index (χ3n) is 4.70. The number of nitrogens with one attached hydrogen (secondary N) is 2. The van der Waals surface area contributed by atoms with Crippen LogP contribution in [-0.2, 0) is 6.54 Å². The van der Waals surface area contributed by atoms with Gasteiger partial charge in [-0.1, -0.05) is 60.2 Å². The van der Waals surface area contributed by atoms with Crippen LogP contribution < -0.4 is 10.6 Å². The Hall–Kier alpha value is -2.59. The highest BCUT2D eigenvalue weighted by Crippen LogP contribution is 2.13. The number of carbonyl (C=O) groups is 1. The van der Waals surface area contributed by atoms with Gasteiger partial charge in [-0.25, -0.2) is 4.79 Å². The second kappa shape index (κ2) is 9.20. The van der Waals surface area contributed by atoms with E-state index in [-0.39, 0.29) is 12.1 Å². The molecule has 0 atom stereocenters. The minimum Gasteiger partial charge on any atom is -0.335 e. The number of rotatable bonds is 5. The molecule has 1 fully saturated rings. The molecule has 1 aliphatic rings. The predicted octanol–water partition coefficient (Wildman–Crippen LogP) is 3.93. The molecule has 1 aliphatic heterocycles. The number of nitrogens with zero attached hydrogens (tertiary/aromatic N) is 1. The number of likely N-dealkylation sites (tertiary alicyclic amines) is 1. The summed E-state index contributed by atoms with van der Waals surface area (Å²) in [5.41, 5.74) is 3.64. The van der Waals surface area contributed by atoms with E-state index in [9.17, 15) is 4.79 Å². The molecule has 0 aliphatic carbocycles. The molecular weight excluding hydrogens is 322 g/mol. The first-order chi connectivity index (χ1) is 12.7. The van der Waals surface area contributed by atoms with Crippen LogP contribution in [0.3, 0.4) is 0 Å². The minimum absolute atomic E-state index is 0.129. The Morgan fingerprint density at radius 2 is 1.88 bits per heavy atom. The van der Waals surface area contributed by atoms with Gasteiger partial charge in [-0.15, -0.1) is 0 Å². The maximum absolute atomic E-state index is 12.1. The quantitative estimate of drug-likeness (QED) is 0.859. The first-order valence-electron chi connectivity index (χ1n) is 9.25. The van der Waals surface area contributed by atoms with Crippen molar-refractivity contribution in [3.8, 4) is 0 Å². The van der Waals surface area contributed by atoms with Gasteiger partial charge in [0.05, 0.1) is 0 Å². The molecule has 0 bridgehead atoms. The van der Waals surface area contributed by atoms with Gasteiger partial charge in [0.2, 0.25) is 0 Å². The Bertz CT molecular complexity index is 734. The molecule has 2 aromatic carbocycles. The van der Waals surface area contributed by atoms with E-state index in [2.05, 4.69) is 58.9 Å². The van der Waals surface area contributed by atoms with Crippen LogP contribution in [0, 0.1) is 6.92 Å². The molecule has 4 nitrogen and oxygen atoms in total. The van der Waals surface area contributed by atoms with Gasteiger partial charge in [0, 0.05) is 31.9 Å². The van der Waals surface area contributed by atoms with E-state index < -0.39 is 0 Å². The number of hydrogen-bond acceptors (Lipinski definition) is 2. The van der Waals surface area contributed by atoms with Crippen LogP contribution in [0.25, 0.3) is 6.08 Å². The second-order valence-corrected chi connectivity index (χ2v) is 6.90. The number of urea groups is 1. The molecule has 26 heavy (non-hydrogen) atoms. The van der Waals surface area contributed by atoms with Crippen molar-refractivity contribution in [2.24, 2.45) is 0 Å². The number of carbonyl (C=O) groups excluding carboxylic acids is 1. The fourth-order valence-electron chi connectivity index (χ4n) is 3.29. The lowest BCUT2D eigenvalue weighted by atomic mass is 10.0. The summed E-state index contributed by atoms with van der Waals surface area (Å²) in [6, 6.07) is 18.8. The van der Waals surface area contributed by atoms with E-state index in [0.717, 1.165) is 38.0 Å². The van der Waals surface area contributed by atoms with Crippen molar-refractivity contribution in [1.29, 1.82) is 0 Å². The van der Waals surface area contributed by atoms with Crippen LogP contribution >= 0.6 is 0 Å². The average molecular weight is 349 g/mol. The number of piperidine rings is 1. The molecule has 0 saturated carbocycles. The Balaban J connectivity index is 1.38. The zero-order valence-electron chi connectivity index (χ0n) is 15.3. The average Bonchev–Trinajstić information content (AvgIpc) is 2.64. The molecule has 3 rings (SSSR count). The topological polar surface area (TPSA) is 44.4 Å². The van der Waals surface area contributed by atoms with Gasteiger partial charge >= 0.3 is 6.03 Å². The summed E-state index contributed by atoms with van der Waals surface area (Å²) in [6.07, 6.45) is 5.59. The Morgan fingerprint density at radius 3 is 2.62 bits per heavy atom. The summed E-state index contributed by atoms with van der Waals surface area (Å²) in [5, 5.41) is 5.88. The molecule has 1 saturated heterocycles. The first-order valence-corrected chi connectivity index (χ1v) is 9.25. The standard InChI is InChI=1S/C22H27N3O/c1-18-6-5-9-19(16-18)10-13-23-22(26)24-21-11-14-25(15-12-21)17-20-7-3-2-4-8-20/h2-10,13,16,21H,11-12,14-15,17H2,1H3,(H2,23,24,26)/b13-10+. The summed E-state index contributed by atoms with van der Waals surface area (Å²) < 4.78 is 0. The van der Waals surface area contributed by atoms with Crippen LogP contribution in [0.4, 0.5) is 4.79 Å². The predicted molar refractivity (Wildman–Crippen MR) is 107 cm³/mol. The third kappa shape index (κ3) is 5.74. The van der Waals surface area contributed by atoms with E-state index in [1.54, 1.807) is 6.20 Å². The monoisotopic (exact) mass is 349 g/mol. The maximum Gasteiger partial charge on any atom is 0.318 e. The van der Waals surface area contributed by atoms with Crippen molar-refractivity contribution >= 4 is 12.1 Å². The lowest BCUT2D eigenvalue weighted by molar-refractivity contribution is 0.187. The summed E-state index contributed by atoms with van der Waals surface area (Å²) in [7, 11) is 0. The Morgan fingerprint density at radius 1 is 1.12 bits per heavy atom. The largest absolute Gasteiger partial charge is 0.335 e. The van der Waals surface area contributed by atoms with E-state index in [1.807, 2.05) is 24.3 Å². The number of aryl methyl sites for hydroxylation is 1. The zero-order valence-corrected chi connectivity index (χ0v) is 15.3. The van der Waals surface area contributed by atoms with Crippen molar-refractivity contribution in [3.05, 3.63) is 77.5 Å². The van der Waals surface area contributed by atoms with Crippen LogP contribution in [0.2, 0.25) is 0 Å². The van der Waals surface area contributed by atoms with Crippen LogP contribution in [0.1, 0.15) is 29.5 Å². The van der Waals surface area contributed by atoms with Gasteiger partial charge in [0.1, 0.15) is 0 Å². The molecule has 0 radical (unpaired) electrons. The highest BCUT2D eigenvalue weighted by atomic mass is 16.2. The van der Waals surface area contributed by atoms with Gasteiger partial charge < -0.3 is 10.6 Å². The summed E-state index contributed by atoms with van der Waals surface area (Å²) >= 11 is 0. The Kier molecular flexibility index (Phi) is 6.45. The van der Waals surface area contributed by atoms with Gasteiger partial charge in [0.15, 0.2) is 0 Å². The van der Waals surface area contributed by atoms with E-state index in [0.29, 0.717) is 0 Å². The van der Waals surface area contributed by atoms with Crippen molar-refractivity contribution in [2.45, 2.75) is 32.4 Å². The summed E-state index contributed by atoms with van der Waals surface area (Å²) in [5.74, 6) is 0. The van der Waals surface area contributed by atoms with Gasteiger partial charge in [-0.05, 0) is 37.0 Å². The molecule has 0 spiro atoms. The Labute approximate surface area is 155 Å². The molecule has 1 heterocycles. The van der Waals surface area contributed by atoms with Gasteiger partial charge in [0.25, 0.3) is 0 Å². The zero-order chi connectivity index (χ0) is 18.2. The molecule has 2 N–H and O–H groups in total. The van der Waals surface area contributed by atoms with Gasteiger partial charge in [-0.2, -0.15) is 0 Å². The second-order valence-electron chi connectivity index (χ2n) is 6.90. The van der Waals surface area contributed by atoms with Gasteiger partial charge in [-0.3, -0.25) is 4.90 Å². The summed E-state index contributed by atoms with van der Waals surface area (Å²) in [4.78, 5) is 14.5. The molecule has 2 amide bonds. The SMILES string of the molecule is Cc1cccc(/C=C/NC(=O)NC2CCN(Cc3ccccc3)CC2)c1. The van der Waals surface area contributed by atoms with Crippen LogP contribution in [0.15, 0.2) is 60.8 Å². The normalized spacial score (nSPS) is 15.9. The van der Waals surface area contributed by atoms with E-state index in [1.165, 1.54) is 11.1 Å². The first kappa shape index (κ1) is 18.2. The van der Waals surface area contributed by atoms with Crippen molar-refractivity contribution in [1.82, 2.24) is 15.5 Å².